The zero-order valence-corrected chi connectivity index (χ0v) is 38.7. The molecule has 1 amide bonds. The maximum absolute atomic E-state index is 12.8. The van der Waals surface area contributed by atoms with Gasteiger partial charge in [-0.1, -0.05) is 178 Å². The molecule has 0 aliphatic rings. The lowest BCUT2D eigenvalue weighted by Gasteiger charge is -2.25. The van der Waals surface area contributed by atoms with Gasteiger partial charge in [0.05, 0.1) is 39.9 Å². The van der Waals surface area contributed by atoms with E-state index in [2.05, 4.69) is 55.6 Å². The minimum atomic E-state index is -4.35. The third-order valence-electron chi connectivity index (χ3n) is 10.2. The first kappa shape index (κ1) is 55.5. The van der Waals surface area contributed by atoms with Crippen LogP contribution in [-0.4, -0.2) is 73.4 Å². The van der Waals surface area contributed by atoms with E-state index in [0.717, 1.165) is 70.6 Å². The number of carbonyl (C=O) groups excluding carboxylic acids is 1. The average Bonchev–Trinajstić information content (AvgIpc) is 3.16. The highest BCUT2D eigenvalue weighted by Crippen LogP contribution is 2.43. The Morgan fingerprint density at radius 1 is 0.579 bits per heavy atom. The predicted molar refractivity (Wildman–Crippen MR) is 244 cm³/mol. The van der Waals surface area contributed by atoms with E-state index in [1.54, 1.807) is 6.08 Å². The summed E-state index contributed by atoms with van der Waals surface area (Å²) in [6, 6.07) is -0.873. The van der Waals surface area contributed by atoms with Gasteiger partial charge in [0.15, 0.2) is 0 Å². The minimum absolute atomic E-state index is 0.0508. The van der Waals surface area contributed by atoms with Crippen LogP contribution in [0.25, 0.3) is 0 Å². The number of amides is 1. The van der Waals surface area contributed by atoms with Crippen LogP contribution in [-0.2, 0) is 18.4 Å². The van der Waals surface area contributed by atoms with E-state index < -0.39 is 20.0 Å². The summed E-state index contributed by atoms with van der Waals surface area (Å²) in [7, 11) is 1.54. The molecule has 0 fully saturated rings. The maximum atomic E-state index is 12.8. The molecule has 8 nitrogen and oxygen atoms in total. The number of aliphatic hydroxyl groups is 1. The summed E-state index contributed by atoms with van der Waals surface area (Å²) in [5.41, 5.74) is 0. The van der Waals surface area contributed by atoms with Crippen molar-refractivity contribution < 1.29 is 32.9 Å². The molecule has 0 aliphatic heterocycles. The third kappa shape index (κ3) is 42.4. The van der Waals surface area contributed by atoms with Crippen LogP contribution >= 0.6 is 7.82 Å². The van der Waals surface area contributed by atoms with E-state index in [1.165, 1.54) is 109 Å². The van der Waals surface area contributed by atoms with E-state index in [0.29, 0.717) is 17.4 Å². The highest BCUT2D eigenvalue weighted by Gasteiger charge is 2.27. The first-order valence-corrected chi connectivity index (χ1v) is 25.0. The molecule has 0 bridgehead atoms. The summed E-state index contributed by atoms with van der Waals surface area (Å²) in [5.74, 6) is -0.204. The topological polar surface area (TPSA) is 105 Å². The molecule has 0 aromatic rings. The van der Waals surface area contributed by atoms with Gasteiger partial charge in [-0.05, 0) is 64.2 Å². The second kappa shape index (κ2) is 39.9. The van der Waals surface area contributed by atoms with Crippen LogP contribution in [0.5, 0.6) is 0 Å². The fourth-order valence-corrected chi connectivity index (χ4v) is 7.20. The first-order valence-electron chi connectivity index (χ1n) is 23.5. The molecule has 334 valence electrons. The largest absolute Gasteiger partial charge is 0.472 e. The number of phosphoric ester groups is 1. The molecule has 57 heavy (non-hydrogen) atoms. The van der Waals surface area contributed by atoms with Crippen LogP contribution < -0.4 is 5.32 Å². The Labute approximate surface area is 352 Å². The number of nitrogens with zero attached hydrogens (tertiary/aromatic N) is 1. The molecule has 0 rings (SSSR count). The second-order valence-electron chi connectivity index (χ2n) is 17.1. The zero-order valence-electron chi connectivity index (χ0n) is 37.8. The maximum Gasteiger partial charge on any atom is 0.472 e. The Morgan fingerprint density at radius 3 is 1.46 bits per heavy atom. The van der Waals surface area contributed by atoms with Crippen LogP contribution in [0.1, 0.15) is 200 Å². The molecule has 3 unspecified atom stereocenters. The average molecular weight is 824 g/mol. The summed E-state index contributed by atoms with van der Waals surface area (Å²) < 4.78 is 23.5. The van der Waals surface area contributed by atoms with Crippen LogP contribution in [0.2, 0.25) is 0 Å². The molecule has 0 radical (unpaired) electrons. The number of quaternary nitrogens is 1. The van der Waals surface area contributed by atoms with Crippen LogP contribution in [0.15, 0.2) is 48.6 Å². The molecule has 3 N–H and O–H groups in total. The molecule has 9 heteroatoms. The fraction of sp³-hybridized carbons (Fsp3) is 0.812. The highest BCUT2D eigenvalue weighted by molar-refractivity contribution is 7.47. The number of hydrogen-bond acceptors (Lipinski definition) is 5. The summed E-state index contributed by atoms with van der Waals surface area (Å²) >= 11 is 0. The lowest BCUT2D eigenvalue weighted by atomic mass is 10.0. The van der Waals surface area contributed by atoms with Gasteiger partial charge in [-0.25, -0.2) is 4.57 Å². The Kier molecular flexibility index (Phi) is 38.8. The zero-order chi connectivity index (χ0) is 42.1. The lowest BCUT2D eigenvalue weighted by Crippen LogP contribution is -2.45. The number of aliphatic hydroxyl groups excluding tert-OH is 1. The van der Waals surface area contributed by atoms with Crippen molar-refractivity contribution in [3.05, 3.63) is 48.6 Å². The molecule has 0 aromatic heterocycles. The van der Waals surface area contributed by atoms with Gasteiger partial charge in [-0.15, -0.1) is 0 Å². The smallest absolute Gasteiger partial charge is 0.387 e. The van der Waals surface area contributed by atoms with Crippen molar-refractivity contribution in [1.29, 1.82) is 0 Å². The molecule has 0 saturated heterocycles. The summed E-state index contributed by atoms with van der Waals surface area (Å²) in [6.07, 6.45) is 50.6. The molecule has 0 saturated carbocycles. The Morgan fingerprint density at radius 2 is 0.982 bits per heavy atom. The molecule has 0 aromatic carbocycles. The van der Waals surface area contributed by atoms with Crippen molar-refractivity contribution in [2.45, 2.75) is 212 Å². The second-order valence-corrected chi connectivity index (χ2v) is 18.6. The number of allylic oxidation sites excluding steroid dienone is 7. The quantitative estimate of drug-likeness (QED) is 0.0245. The van der Waals surface area contributed by atoms with Crippen LogP contribution in [0, 0.1) is 0 Å². The monoisotopic (exact) mass is 824 g/mol. The van der Waals surface area contributed by atoms with Crippen molar-refractivity contribution in [3.63, 3.8) is 0 Å². The van der Waals surface area contributed by atoms with Crippen LogP contribution in [0.4, 0.5) is 0 Å². The van der Waals surface area contributed by atoms with Gasteiger partial charge >= 0.3 is 7.82 Å². The molecular formula is C48H92N2O6P+. The predicted octanol–water partition coefficient (Wildman–Crippen LogP) is 13.2. The van der Waals surface area contributed by atoms with Gasteiger partial charge in [0, 0.05) is 6.42 Å². The van der Waals surface area contributed by atoms with Crippen molar-refractivity contribution in [1.82, 2.24) is 5.32 Å². The van der Waals surface area contributed by atoms with E-state index in [1.807, 2.05) is 27.2 Å². The number of rotatable bonds is 42. The summed E-state index contributed by atoms with van der Waals surface area (Å²) in [5, 5.41) is 13.8. The van der Waals surface area contributed by atoms with E-state index >= 15 is 0 Å². The van der Waals surface area contributed by atoms with Gasteiger partial charge < -0.3 is 19.8 Å². The summed E-state index contributed by atoms with van der Waals surface area (Å²) in [4.78, 5) is 23.1. The Hall–Kier alpha value is -1.54. The highest BCUT2D eigenvalue weighted by atomic mass is 31.2. The van der Waals surface area contributed by atoms with Crippen molar-refractivity contribution in [2.24, 2.45) is 0 Å². The number of unbranched alkanes of at least 4 members (excludes halogenated alkanes) is 23. The lowest BCUT2D eigenvalue weighted by molar-refractivity contribution is -0.870. The number of phosphoric acid groups is 1. The number of likely N-dealkylation sites (N-methyl/N-ethyl adjacent to an activating group) is 1. The van der Waals surface area contributed by atoms with Crippen molar-refractivity contribution in [3.8, 4) is 0 Å². The molecule has 0 spiro atoms. The molecular weight excluding hydrogens is 732 g/mol. The standard InChI is InChI=1S/C48H91N2O6P/c1-6-8-10-12-14-16-18-19-20-21-22-23-24-25-26-27-28-29-30-32-33-35-37-39-41-47(51)46(45-56-57(53,54)55-44-43-50(3,4)5)49-48(52)42-40-38-36-34-31-17-15-13-11-9-7-2/h13,15,27-28,32-33,39,41,46-47,51H,6-12,14,16-26,29-31,34-38,40,42-45H2,1-5H3,(H-,49,52,53,54)/p+1/b15-13-,28-27+,33-32+,41-39+. The number of carbonyl (C=O) groups is 1. The Balaban J connectivity index is 4.38. The van der Waals surface area contributed by atoms with E-state index in [-0.39, 0.29) is 19.1 Å². The van der Waals surface area contributed by atoms with Crippen molar-refractivity contribution in [2.75, 3.05) is 40.9 Å². The van der Waals surface area contributed by atoms with Gasteiger partial charge in [0.2, 0.25) is 5.91 Å². The number of nitrogens with one attached hydrogen (secondary N) is 1. The van der Waals surface area contributed by atoms with Crippen LogP contribution in [0.3, 0.4) is 0 Å². The molecule has 0 aliphatic carbocycles. The first-order chi connectivity index (χ1) is 27.5. The van der Waals surface area contributed by atoms with Gasteiger partial charge in [-0.3, -0.25) is 13.8 Å². The van der Waals surface area contributed by atoms with E-state index in [9.17, 15) is 19.4 Å². The molecule has 0 heterocycles. The molecule has 3 atom stereocenters. The van der Waals surface area contributed by atoms with Gasteiger partial charge in [0.25, 0.3) is 0 Å². The van der Waals surface area contributed by atoms with E-state index in [4.69, 9.17) is 9.05 Å². The minimum Gasteiger partial charge on any atom is -0.387 e. The van der Waals surface area contributed by atoms with Gasteiger partial charge in [0.1, 0.15) is 13.2 Å². The fourth-order valence-electron chi connectivity index (χ4n) is 6.46. The third-order valence-corrected chi connectivity index (χ3v) is 11.2. The Bertz CT molecular complexity index is 1070. The van der Waals surface area contributed by atoms with Gasteiger partial charge in [-0.2, -0.15) is 0 Å². The summed E-state index contributed by atoms with van der Waals surface area (Å²) in [6.45, 7) is 4.73. The SMILES string of the molecule is CCCC/C=C\CCCCCCCC(=O)NC(COP(=O)(O)OCC[N+](C)(C)C)C(O)/C=C/CC/C=C/CC/C=C/CCCCCCCCCCCCCCCC. The number of hydrogen-bond donors (Lipinski definition) is 3. The van der Waals surface area contributed by atoms with Crippen molar-refractivity contribution >= 4 is 13.7 Å². The normalized spacial score (nSPS) is 14.7.